The molecule has 0 radical (unpaired) electrons. The summed E-state index contributed by atoms with van der Waals surface area (Å²) in [5, 5.41) is 4.07. The van der Waals surface area contributed by atoms with E-state index in [1.165, 1.54) is 9.79 Å². The van der Waals surface area contributed by atoms with E-state index in [0.29, 0.717) is 4.90 Å². The minimum absolute atomic E-state index is 0.0443. The number of rotatable bonds is 6. The fourth-order valence-electron chi connectivity index (χ4n) is 4.84. The van der Waals surface area contributed by atoms with Gasteiger partial charge in [-0.15, -0.1) is 0 Å². The Labute approximate surface area is 220 Å². The molecule has 0 spiro atoms. The smallest absolute Gasteiger partial charge is 0.182 e. The third-order valence-electron chi connectivity index (χ3n) is 6.59. The number of sulfone groups is 1. The van der Waals surface area contributed by atoms with Gasteiger partial charge in [-0.3, -0.25) is 0 Å². The van der Waals surface area contributed by atoms with Gasteiger partial charge in [0.05, 0.1) is 21.5 Å². The zero-order valence-corrected chi connectivity index (χ0v) is 21.8. The predicted octanol–water partition coefficient (Wildman–Crippen LogP) is 8.06. The van der Waals surface area contributed by atoms with Gasteiger partial charge in [-0.05, 0) is 81.7 Å². The number of fused-ring (bicyclic) bond motifs is 2. The van der Waals surface area contributed by atoms with E-state index in [0.717, 1.165) is 32.0 Å². The molecule has 0 heterocycles. The normalized spacial score (nSPS) is 11.8. The number of hydrogen-bond acceptors (Lipinski definition) is 2. The molecule has 180 valence electrons. The fraction of sp³-hybridized carbons (Fsp3) is 0.0303. The van der Waals surface area contributed by atoms with Crippen LogP contribution in [0.1, 0.15) is 5.56 Å². The first kappa shape index (κ1) is 23.5. The average Bonchev–Trinajstić information content (AvgIpc) is 2.94. The molecule has 0 N–H and O–H groups in total. The summed E-state index contributed by atoms with van der Waals surface area (Å²) in [6.07, 6.45) is 0. The molecule has 0 fully saturated rings. The van der Waals surface area contributed by atoms with Crippen LogP contribution in [0.4, 0.5) is 0 Å². The van der Waals surface area contributed by atoms with Gasteiger partial charge in [0.25, 0.3) is 0 Å². The molecule has 0 atom stereocenters. The Hall–Kier alpha value is -3.86. The van der Waals surface area contributed by atoms with Crippen LogP contribution in [0.2, 0.25) is 0 Å². The molecular formula is C33H25O2S2+. The minimum atomic E-state index is -3.56. The zero-order valence-electron chi connectivity index (χ0n) is 20.1. The largest absolute Gasteiger partial charge is 0.223 e. The van der Waals surface area contributed by atoms with E-state index in [4.69, 9.17) is 0 Å². The van der Waals surface area contributed by atoms with Crippen molar-refractivity contribution < 1.29 is 8.42 Å². The van der Waals surface area contributed by atoms with Gasteiger partial charge in [-0.1, -0.05) is 84.9 Å². The summed E-state index contributed by atoms with van der Waals surface area (Å²) in [5.74, 6) is -0.0443. The van der Waals surface area contributed by atoms with Crippen LogP contribution in [0.15, 0.2) is 159 Å². The van der Waals surface area contributed by atoms with Crippen LogP contribution in [0.25, 0.3) is 21.5 Å². The molecule has 0 amide bonds. The van der Waals surface area contributed by atoms with Gasteiger partial charge in [0.15, 0.2) is 24.5 Å². The second-order valence-corrected chi connectivity index (χ2v) is 13.0. The van der Waals surface area contributed by atoms with E-state index in [9.17, 15) is 8.42 Å². The van der Waals surface area contributed by atoms with Crippen LogP contribution in [-0.2, 0) is 26.5 Å². The molecule has 2 nitrogen and oxygen atoms in total. The molecule has 4 heteroatoms. The topological polar surface area (TPSA) is 34.1 Å². The maximum Gasteiger partial charge on any atom is 0.182 e. The first-order valence-corrected chi connectivity index (χ1v) is 15.0. The lowest BCUT2D eigenvalue weighted by atomic mass is 9.98. The highest BCUT2D eigenvalue weighted by Gasteiger charge is 2.29. The SMILES string of the molecule is O=S(=O)(Cc1c2ccccc2cc2ccccc12)c1ccc([S+](c2ccccc2)c2ccccc2)cc1. The van der Waals surface area contributed by atoms with E-state index < -0.39 is 9.84 Å². The molecule has 6 rings (SSSR count). The van der Waals surface area contributed by atoms with Crippen LogP contribution in [0, 0.1) is 0 Å². The van der Waals surface area contributed by atoms with Crippen LogP contribution in [0.3, 0.4) is 0 Å². The highest BCUT2D eigenvalue weighted by molar-refractivity contribution is 7.97. The van der Waals surface area contributed by atoms with Gasteiger partial charge < -0.3 is 0 Å². The Balaban J connectivity index is 1.40. The Morgan fingerprint density at radius 1 is 0.486 bits per heavy atom. The number of hydrogen-bond donors (Lipinski definition) is 0. The van der Waals surface area contributed by atoms with Crippen LogP contribution in [-0.4, -0.2) is 8.42 Å². The average molecular weight is 518 g/mol. The first-order valence-electron chi connectivity index (χ1n) is 12.2. The molecule has 0 bridgehead atoms. The van der Waals surface area contributed by atoms with E-state index >= 15 is 0 Å². The quantitative estimate of drug-likeness (QED) is 0.165. The highest BCUT2D eigenvalue weighted by Crippen LogP contribution is 2.34. The predicted molar refractivity (Wildman–Crippen MR) is 154 cm³/mol. The van der Waals surface area contributed by atoms with Gasteiger partial charge >= 0.3 is 0 Å². The van der Waals surface area contributed by atoms with Crippen LogP contribution >= 0.6 is 0 Å². The lowest BCUT2D eigenvalue weighted by molar-refractivity contribution is 0.595. The van der Waals surface area contributed by atoms with Crippen LogP contribution in [0.5, 0.6) is 0 Å². The van der Waals surface area contributed by atoms with Crippen molar-refractivity contribution >= 4 is 42.3 Å². The molecule has 0 aliphatic heterocycles. The molecule has 0 saturated carbocycles. The lowest BCUT2D eigenvalue weighted by Gasteiger charge is -2.13. The lowest BCUT2D eigenvalue weighted by Crippen LogP contribution is -2.08. The van der Waals surface area contributed by atoms with E-state index in [1.54, 1.807) is 12.1 Å². The standard InChI is InChI=1S/C33H25O2S2/c34-37(35,24-33-31-17-9-7-11-25(31)23-26-12-8-10-18-32(26)33)30-21-19-29(20-22-30)36(27-13-3-1-4-14-27)28-15-5-2-6-16-28/h1-23H,24H2/q+1. The maximum atomic E-state index is 13.7. The third kappa shape index (κ3) is 4.66. The molecule has 6 aromatic rings. The monoisotopic (exact) mass is 517 g/mol. The second-order valence-electron chi connectivity index (χ2n) is 8.96. The second kappa shape index (κ2) is 9.89. The van der Waals surface area contributed by atoms with Crippen LogP contribution < -0.4 is 0 Å². The van der Waals surface area contributed by atoms with Crippen molar-refractivity contribution in [2.24, 2.45) is 0 Å². The van der Waals surface area contributed by atoms with Crippen molar-refractivity contribution in [1.82, 2.24) is 0 Å². The summed E-state index contributed by atoms with van der Waals surface area (Å²) in [7, 11) is -3.88. The first-order chi connectivity index (χ1) is 18.1. The Kier molecular flexibility index (Phi) is 6.29. The van der Waals surface area contributed by atoms with E-state index in [-0.39, 0.29) is 16.6 Å². The zero-order chi connectivity index (χ0) is 25.2. The van der Waals surface area contributed by atoms with Crippen molar-refractivity contribution in [2.75, 3.05) is 0 Å². The molecule has 0 unspecified atom stereocenters. The molecule has 37 heavy (non-hydrogen) atoms. The van der Waals surface area contributed by atoms with Gasteiger partial charge in [0.1, 0.15) is 0 Å². The highest BCUT2D eigenvalue weighted by atomic mass is 32.2. The van der Waals surface area contributed by atoms with Crippen molar-refractivity contribution in [1.29, 1.82) is 0 Å². The van der Waals surface area contributed by atoms with E-state index in [2.05, 4.69) is 30.3 Å². The van der Waals surface area contributed by atoms with Gasteiger partial charge in [-0.25, -0.2) is 8.42 Å². The summed E-state index contributed by atoms with van der Waals surface area (Å²) in [4.78, 5) is 3.84. The van der Waals surface area contributed by atoms with Gasteiger partial charge in [0, 0.05) is 0 Å². The number of benzene rings is 6. The Morgan fingerprint density at radius 3 is 1.43 bits per heavy atom. The molecule has 0 aliphatic carbocycles. The summed E-state index contributed by atoms with van der Waals surface area (Å²) in [6, 6.07) is 46.4. The molecule has 0 aliphatic rings. The summed E-state index contributed by atoms with van der Waals surface area (Å²) in [6.45, 7) is 0. The van der Waals surface area contributed by atoms with Crippen molar-refractivity contribution in [3.05, 3.63) is 145 Å². The summed E-state index contributed by atoms with van der Waals surface area (Å²) < 4.78 is 27.4. The molecule has 6 aromatic carbocycles. The minimum Gasteiger partial charge on any atom is -0.223 e. The van der Waals surface area contributed by atoms with E-state index in [1.807, 2.05) is 97.1 Å². The fourth-order valence-corrected chi connectivity index (χ4v) is 8.33. The third-order valence-corrected chi connectivity index (χ3v) is 10.5. The summed E-state index contributed by atoms with van der Waals surface area (Å²) in [5.41, 5.74) is 0.853. The van der Waals surface area contributed by atoms with Crippen molar-refractivity contribution in [2.45, 2.75) is 25.3 Å². The maximum absolute atomic E-state index is 13.7. The summed E-state index contributed by atoms with van der Waals surface area (Å²) >= 11 is 0. The van der Waals surface area contributed by atoms with Crippen molar-refractivity contribution in [3.8, 4) is 0 Å². The Morgan fingerprint density at radius 2 is 0.919 bits per heavy atom. The molecule has 0 aromatic heterocycles. The van der Waals surface area contributed by atoms with Gasteiger partial charge in [-0.2, -0.15) is 0 Å². The van der Waals surface area contributed by atoms with Crippen molar-refractivity contribution in [3.63, 3.8) is 0 Å². The molecular weight excluding hydrogens is 492 g/mol. The van der Waals surface area contributed by atoms with Gasteiger partial charge in [0.2, 0.25) is 0 Å². The molecule has 0 saturated heterocycles. The Bertz CT molecular complexity index is 1700.